The largest absolute Gasteiger partial charge is 0.310 e. The minimum absolute atomic E-state index is 1.01. The number of hydrogen-bond acceptors (Lipinski definition) is 4. The molecule has 0 atom stereocenters. The minimum Gasteiger partial charge on any atom is -0.310 e. The van der Waals surface area contributed by atoms with E-state index in [1.165, 1.54) is 33.0 Å². The third-order valence-electron chi connectivity index (χ3n) is 11.4. The molecular weight excluding hydrogens is 719 g/mol. The molecule has 0 fully saturated rings. The lowest BCUT2D eigenvalue weighted by atomic mass is 9.94. The lowest BCUT2D eigenvalue weighted by Crippen LogP contribution is -2.09. The van der Waals surface area contributed by atoms with Crippen molar-refractivity contribution in [1.82, 2.24) is 14.5 Å². The Kier molecular flexibility index (Phi) is 9.24. The van der Waals surface area contributed by atoms with Gasteiger partial charge in [-0.3, -0.25) is 0 Å². The highest BCUT2D eigenvalue weighted by Crippen LogP contribution is 2.43. The monoisotopic (exact) mass is 759 g/mol. The Morgan fingerprint density at radius 3 is 1.24 bits per heavy atom. The van der Waals surface area contributed by atoms with Crippen molar-refractivity contribution in [2.24, 2.45) is 0 Å². The van der Waals surface area contributed by atoms with Crippen LogP contribution < -0.4 is 9.80 Å². The first-order chi connectivity index (χ1) is 29.1. The van der Waals surface area contributed by atoms with Gasteiger partial charge < -0.3 is 14.4 Å². The number of anilines is 6. The van der Waals surface area contributed by atoms with Gasteiger partial charge >= 0.3 is 0 Å². The predicted molar refractivity (Wildman–Crippen MR) is 246 cm³/mol. The lowest BCUT2D eigenvalue weighted by molar-refractivity contribution is 1.13. The maximum Gasteiger partial charge on any atom is 0.115 e. The van der Waals surface area contributed by atoms with Gasteiger partial charge in [0.25, 0.3) is 0 Å². The molecule has 0 spiro atoms. The first-order valence-corrected chi connectivity index (χ1v) is 20.0. The van der Waals surface area contributed by atoms with Crippen LogP contribution in [0.15, 0.2) is 213 Å². The highest BCUT2D eigenvalue weighted by Gasteiger charge is 2.21. The van der Waals surface area contributed by atoms with Crippen LogP contribution in [-0.2, 0) is 0 Å². The van der Waals surface area contributed by atoms with Crippen molar-refractivity contribution in [1.29, 1.82) is 0 Å². The average Bonchev–Trinajstić information content (AvgIpc) is 3.62. The van der Waals surface area contributed by atoms with Gasteiger partial charge in [-0.25, -0.2) is 9.97 Å². The van der Waals surface area contributed by atoms with E-state index in [9.17, 15) is 0 Å². The fraction of sp³-hybridized carbons (Fsp3) is 0.0370. The standard InChI is InChI=1S/C54H41N5/c1-38-39(2)52(32-29-49(38)41-25-23-40(24-26-41)42-35-55-37-56-36-42)59-53-30-27-47(57(43-15-7-3-8-16-43)44-17-9-4-10-18-44)33-50(53)51-34-48(28-31-54(51)59)58(45-19-11-5-12-20-45)46-21-13-6-14-22-46/h3-37H,1-2H3. The van der Waals surface area contributed by atoms with Gasteiger partial charge in [0.1, 0.15) is 6.33 Å². The molecule has 5 heteroatoms. The van der Waals surface area contributed by atoms with Crippen LogP contribution in [0.4, 0.5) is 34.1 Å². The number of aromatic nitrogens is 3. The van der Waals surface area contributed by atoms with Crippen molar-refractivity contribution >= 4 is 55.9 Å². The number of benzene rings is 8. The quantitative estimate of drug-likeness (QED) is 0.147. The molecule has 0 amide bonds. The van der Waals surface area contributed by atoms with Crippen molar-refractivity contribution in [3.63, 3.8) is 0 Å². The van der Waals surface area contributed by atoms with Crippen molar-refractivity contribution in [3.05, 3.63) is 224 Å². The molecule has 10 aromatic rings. The van der Waals surface area contributed by atoms with Gasteiger partial charge in [0, 0.05) is 68.5 Å². The Balaban J connectivity index is 1.17. The molecule has 10 rings (SSSR count). The molecular formula is C54H41N5. The molecule has 0 bridgehead atoms. The molecule has 0 saturated carbocycles. The van der Waals surface area contributed by atoms with Crippen LogP contribution >= 0.6 is 0 Å². The zero-order valence-corrected chi connectivity index (χ0v) is 32.9. The van der Waals surface area contributed by atoms with Gasteiger partial charge in [0.15, 0.2) is 0 Å². The van der Waals surface area contributed by atoms with E-state index >= 15 is 0 Å². The van der Waals surface area contributed by atoms with Crippen LogP contribution in [-0.4, -0.2) is 14.5 Å². The number of para-hydroxylation sites is 4. The molecule has 0 unspecified atom stereocenters. The second kappa shape index (κ2) is 15.3. The van der Waals surface area contributed by atoms with Gasteiger partial charge in [0.2, 0.25) is 0 Å². The van der Waals surface area contributed by atoms with Crippen molar-refractivity contribution in [2.75, 3.05) is 9.80 Å². The SMILES string of the molecule is Cc1c(-c2ccc(-c3cncnc3)cc2)ccc(-n2c3ccc(N(c4ccccc4)c4ccccc4)cc3c3cc(N(c4ccccc4)c4ccccc4)ccc32)c1C. The summed E-state index contributed by atoms with van der Waals surface area (Å²) >= 11 is 0. The van der Waals surface area contributed by atoms with E-state index in [-0.39, 0.29) is 0 Å². The Bertz CT molecular complexity index is 2820. The fourth-order valence-corrected chi connectivity index (χ4v) is 8.39. The summed E-state index contributed by atoms with van der Waals surface area (Å²) in [6.07, 6.45) is 5.27. The molecule has 59 heavy (non-hydrogen) atoms. The van der Waals surface area contributed by atoms with E-state index in [0.717, 1.165) is 62.0 Å². The van der Waals surface area contributed by atoms with E-state index in [4.69, 9.17) is 0 Å². The molecule has 0 N–H and O–H groups in total. The number of rotatable bonds is 9. The molecule has 0 aliphatic heterocycles. The van der Waals surface area contributed by atoms with E-state index in [1.54, 1.807) is 6.33 Å². The Morgan fingerprint density at radius 1 is 0.373 bits per heavy atom. The number of nitrogens with zero attached hydrogens (tertiary/aromatic N) is 5. The van der Waals surface area contributed by atoms with Crippen LogP contribution in [0.1, 0.15) is 11.1 Å². The third-order valence-corrected chi connectivity index (χ3v) is 11.4. The van der Waals surface area contributed by atoms with Gasteiger partial charge in [-0.2, -0.15) is 0 Å². The van der Waals surface area contributed by atoms with E-state index in [1.807, 2.05) is 12.4 Å². The zero-order valence-electron chi connectivity index (χ0n) is 32.9. The Morgan fingerprint density at radius 2 is 0.797 bits per heavy atom. The summed E-state index contributed by atoms with van der Waals surface area (Å²) in [4.78, 5) is 13.1. The molecule has 0 saturated heterocycles. The van der Waals surface area contributed by atoms with Crippen LogP contribution in [0.2, 0.25) is 0 Å². The molecule has 5 nitrogen and oxygen atoms in total. The summed E-state index contributed by atoms with van der Waals surface area (Å²) < 4.78 is 2.45. The number of hydrogen-bond donors (Lipinski definition) is 0. The number of fused-ring (bicyclic) bond motifs is 3. The summed E-state index contributed by atoms with van der Waals surface area (Å²) in [5.74, 6) is 0. The molecule has 0 aliphatic carbocycles. The minimum atomic E-state index is 1.01. The summed E-state index contributed by atoms with van der Waals surface area (Å²) in [6, 6.07) is 69.6. The smallest absolute Gasteiger partial charge is 0.115 e. The predicted octanol–water partition coefficient (Wildman–Crippen LogP) is 14.5. The summed E-state index contributed by atoms with van der Waals surface area (Å²) in [7, 11) is 0. The highest BCUT2D eigenvalue weighted by atomic mass is 15.1. The molecule has 0 aliphatic rings. The first-order valence-electron chi connectivity index (χ1n) is 20.0. The maximum absolute atomic E-state index is 4.21. The molecule has 2 heterocycles. The van der Waals surface area contributed by atoms with Gasteiger partial charge in [-0.15, -0.1) is 0 Å². The van der Waals surface area contributed by atoms with Crippen molar-refractivity contribution < 1.29 is 0 Å². The average molecular weight is 760 g/mol. The Hall–Kier alpha value is -7.76. The van der Waals surface area contributed by atoms with Gasteiger partial charge in [-0.1, -0.05) is 103 Å². The fourth-order valence-electron chi connectivity index (χ4n) is 8.39. The summed E-state index contributed by atoms with van der Waals surface area (Å²) in [5.41, 5.74) is 17.1. The molecule has 8 aromatic carbocycles. The van der Waals surface area contributed by atoms with Crippen LogP contribution in [0.5, 0.6) is 0 Å². The second-order valence-corrected chi connectivity index (χ2v) is 14.8. The second-order valence-electron chi connectivity index (χ2n) is 14.8. The zero-order chi connectivity index (χ0) is 39.7. The first kappa shape index (κ1) is 35.6. The maximum atomic E-state index is 4.21. The van der Waals surface area contributed by atoms with E-state index in [0.29, 0.717) is 0 Å². The topological polar surface area (TPSA) is 37.2 Å². The summed E-state index contributed by atoms with van der Waals surface area (Å²) in [6.45, 7) is 4.50. The summed E-state index contributed by atoms with van der Waals surface area (Å²) in [5, 5.41) is 2.36. The van der Waals surface area contributed by atoms with E-state index < -0.39 is 0 Å². The van der Waals surface area contributed by atoms with Crippen LogP contribution in [0.3, 0.4) is 0 Å². The molecule has 282 valence electrons. The lowest BCUT2D eigenvalue weighted by Gasteiger charge is -2.26. The molecule has 0 radical (unpaired) electrons. The van der Waals surface area contributed by atoms with Gasteiger partial charge in [-0.05, 0) is 133 Å². The van der Waals surface area contributed by atoms with Crippen LogP contribution in [0, 0.1) is 13.8 Å². The van der Waals surface area contributed by atoms with Crippen LogP contribution in [0.25, 0.3) is 49.7 Å². The normalized spacial score (nSPS) is 11.2. The third kappa shape index (κ3) is 6.59. The Labute approximate surface area is 344 Å². The highest BCUT2D eigenvalue weighted by molar-refractivity contribution is 6.12. The van der Waals surface area contributed by atoms with Gasteiger partial charge in [0.05, 0.1) is 11.0 Å². The van der Waals surface area contributed by atoms with E-state index in [2.05, 4.69) is 232 Å². The van der Waals surface area contributed by atoms with Crippen molar-refractivity contribution in [2.45, 2.75) is 13.8 Å². The molecule has 2 aromatic heterocycles. The van der Waals surface area contributed by atoms with Crippen molar-refractivity contribution in [3.8, 4) is 27.9 Å².